The van der Waals surface area contributed by atoms with Crippen molar-refractivity contribution in [1.82, 2.24) is 15.2 Å². The second-order valence-electron chi connectivity index (χ2n) is 2.92. The molecular weight excluding hydrogens is 326 g/mol. The maximum Gasteiger partial charge on any atom is 0.181 e. The summed E-state index contributed by atoms with van der Waals surface area (Å²) in [5, 5.41) is 9.14. The van der Waals surface area contributed by atoms with Gasteiger partial charge in [0.25, 0.3) is 0 Å². The zero-order valence-electron chi connectivity index (χ0n) is 8.60. The van der Waals surface area contributed by atoms with Gasteiger partial charge in [-0.3, -0.25) is 0 Å². The fourth-order valence-electron chi connectivity index (χ4n) is 1.04. The Balaban J connectivity index is 2.20. The molecule has 0 spiro atoms. The van der Waals surface area contributed by atoms with Crippen molar-refractivity contribution in [2.75, 3.05) is 6.26 Å². The SMILES string of the molecule is CSc1nnc(Sc2ncc(Br)cc2C)s1. The summed E-state index contributed by atoms with van der Waals surface area (Å²) in [6.45, 7) is 2.04. The maximum absolute atomic E-state index is 4.36. The van der Waals surface area contributed by atoms with Crippen molar-refractivity contribution in [3.63, 3.8) is 0 Å². The summed E-state index contributed by atoms with van der Waals surface area (Å²) in [6.07, 6.45) is 3.80. The van der Waals surface area contributed by atoms with Gasteiger partial charge in [0, 0.05) is 10.7 Å². The Hall–Kier alpha value is -0.110. The number of hydrogen-bond donors (Lipinski definition) is 0. The van der Waals surface area contributed by atoms with Gasteiger partial charge in [0.1, 0.15) is 5.03 Å². The molecule has 0 saturated carbocycles. The Bertz CT molecular complexity index is 500. The van der Waals surface area contributed by atoms with Crippen LogP contribution in [0.3, 0.4) is 0 Å². The number of rotatable bonds is 3. The Kier molecular flexibility index (Phi) is 4.23. The number of aryl methyl sites for hydroxylation is 1. The monoisotopic (exact) mass is 333 g/mol. The second kappa shape index (κ2) is 5.48. The van der Waals surface area contributed by atoms with E-state index < -0.39 is 0 Å². The number of aromatic nitrogens is 3. The summed E-state index contributed by atoms with van der Waals surface area (Å²) in [6, 6.07) is 2.05. The van der Waals surface area contributed by atoms with E-state index in [1.807, 2.05) is 19.2 Å². The van der Waals surface area contributed by atoms with E-state index in [9.17, 15) is 0 Å². The number of halogens is 1. The lowest BCUT2D eigenvalue weighted by Crippen LogP contribution is -1.84. The molecule has 0 atom stereocenters. The summed E-state index contributed by atoms with van der Waals surface area (Å²) in [7, 11) is 0. The average Bonchev–Trinajstić information content (AvgIpc) is 2.70. The van der Waals surface area contributed by atoms with Crippen LogP contribution in [0, 0.1) is 6.92 Å². The highest BCUT2D eigenvalue weighted by molar-refractivity contribution is 9.10. The van der Waals surface area contributed by atoms with Crippen LogP contribution in [0.1, 0.15) is 5.56 Å². The van der Waals surface area contributed by atoms with Crippen molar-refractivity contribution in [1.29, 1.82) is 0 Å². The normalized spacial score (nSPS) is 10.7. The number of thioether (sulfide) groups is 1. The average molecular weight is 334 g/mol. The van der Waals surface area contributed by atoms with Crippen LogP contribution in [0.5, 0.6) is 0 Å². The van der Waals surface area contributed by atoms with E-state index in [-0.39, 0.29) is 0 Å². The molecule has 2 heterocycles. The second-order valence-corrected chi connectivity index (χ2v) is 7.10. The predicted octanol–water partition coefficient (Wildman–Crippen LogP) is 3.88. The first-order chi connectivity index (χ1) is 7.69. The molecule has 0 bridgehead atoms. The van der Waals surface area contributed by atoms with Gasteiger partial charge in [0.05, 0.1) is 0 Å². The van der Waals surface area contributed by atoms with Crippen molar-refractivity contribution in [3.05, 3.63) is 22.3 Å². The molecular formula is C9H8BrN3S3. The molecule has 0 amide bonds. The molecule has 0 aliphatic carbocycles. The molecule has 0 saturated heterocycles. The minimum atomic E-state index is 0.933. The Morgan fingerprint density at radius 3 is 2.69 bits per heavy atom. The van der Waals surface area contributed by atoms with Crippen LogP contribution in [0.25, 0.3) is 0 Å². The van der Waals surface area contributed by atoms with Gasteiger partial charge in [-0.25, -0.2) is 4.98 Å². The molecule has 0 fully saturated rings. The minimum absolute atomic E-state index is 0.933. The fraction of sp³-hybridized carbons (Fsp3) is 0.222. The summed E-state index contributed by atoms with van der Waals surface area (Å²) < 4.78 is 2.91. The largest absolute Gasteiger partial charge is 0.248 e. The third-order valence-electron chi connectivity index (χ3n) is 1.74. The van der Waals surface area contributed by atoms with Crippen molar-refractivity contribution in [3.8, 4) is 0 Å². The first kappa shape index (κ1) is 12.3. The predicted molar refractivity (Wildman–Crippen MR) is 72.5 cm³/mol. The van der Waals surface area contributed by atoms with Crippen molar-refractivity contribution in [2.24, 2.45) is 0 Å². The molecule has 84 valence electrons. The zero-order valence-corrected chi connectivity index (χ0v) is 12.6. The van der Waals surface area contributed by atoms with Gasteiger partial charge in [-0.05, 0) is 52.5 Å². The van der Waals surface area contributed by atoms with Crippen LogP contribution in [-0.4, -0.2) is 21.4 Å². The standard InChI is InChI=1S/C9H8BrN3S3/c1-5-3-6(10)4-11-7(5)15-9-13-12-8(14-2)16-9/h3-4H,1-2H3. The third kappa shape index (κ3) is 2.97. The van der Waals surface area contributed by atoms with Crippen molar-refractivity contribution < 1.29 is 0 Å². The van der Waals surface area contributed by atoms with E-state index in [2.05, 4.69) is 31.1 Å². The third-order valence-corrected chi connectivity index (χ3v) is 5.25. The highest BCUT2D eigenvalue weighted by atomic mass is 79.9. The van der Waals surface area contributed by atoms with Gasteiger partial charge in [-0.2, -0.15) is 0 Å². The highest BCUT2D eigenvalue weighted by Gasteiger charge is 2.08. The number of hydrogen-bond acceptors (Lipinski definition) is 6. The molecule has 2 aromatic rings. The molecule has 2 aromatic heterocycles. The molecule has 0 aliphatic rings. The molecule has 3 nitrogen and oxygen atoms in total. The molecule has 16 heavy (non-hydrogen) atoms. The highest BCUT2D eigenvalue weighted by Crippen LogP contribution is 2.33. The van der Waals surface area contributed by atoms with Crippen LogP contribution in [0.4, 0.5) is 0 Å². The molecule has 0 N–H and O–H groups in total. The van der Waals surface area contributed by atoms with Gasteiger partial charge < -0.3 is 0 Å². The minimum Gasteiger partial charge on any atom is -0.248 e. The van der Waals surface area contributed by atoms with Crippen LogP contribution in [-0.2, 0) is 0 Å². The molecule has 2 rings (SSSR count). The van der Waals surface area contributed by atoms with Crippen LogP contribution in [0.2, 0.25) is 0 Å². The van der Waals surface area contributed by atoms with Gasteiger partial charge in [-0.1, -0.05) is 23.1 Å². The van der Waals surface area contributed by atoms with Crippen LogP contribution < -0.4 is 0 Å². The maximum atomic E-state index is 4.36. The van der Waals surface area contributed by atoms with E-state index in [0.29, 0.717) is 0 Å². The Labute approximate surface area is 115 Å². The zero-order chi connectivity index (χ0) is 11.5. The van der Waals surface area contributed by atoms with Gasteiger partial charge in [0.15, 0.2) is 8.68 Å². The van der Waals surface area contributed by atoms with E-state index in [1.54, 1.807) is 41.1 Å². The summed E-state index contributed by atoms with van der Waals surface area (Å²) in [4.78, 5) is 4.36. The van der Waals surface area contributed by atoms with Crippen LogP contribution >= 0.6 is 50.8 Å². The lowest BCUT2D eigenvalue weighted by Gasteiger charge is -2.01. The molecule has 0 aromatic carbocycles. The molecule has 0 unspecified atom stereocenters. The van der Waals surface area contributed by atoms with Crippen molar-refractivity contribution >= 4 is 50.8 Å². The first-order valence-electron chi connectivity index (χ1n) is 4.36. The first-order valence-corrected chi connectivity index (χ1v) is 8.01. The van der Waals surface area contributed by atoms with E-state index in [1.165, 1.54) is 0 Å². The summed E-state index contributed by atoms with van der Waals surface area (Å²) >= 11 is 8.16. The van der Waals surface area contributed by atoms with E-state index >= 15 is 0 Å². The topological polar surface area (TPSA) is 38.7 Å². The summed E-state index contributed by atoms with van der Waals surface area (Å²) in [5.41, 5.74) is 1.14. The lowest BCUT2D eigenvalue weighted by atomic mass is 10.3. The summed E-state index contributed by atoms with van der Waals surface area (Å²) in [5.74, 6) is 0. The van der Waals surface area contributed by atoms with E-state index in [4.69, 9.17) is 0 Å². The number of pyridine rings is 1. The fourth-order valence-corrected chi connectivity index (χ4v) is 3.86. The Morgan fingerprint density at radius 1 is 1.31 bits per heavy atom. The number of nitrogens with zero attached hydrogens (tertiary/aromatic N) is 3. The van der Waals surface area contributed by atoms with Crippen LogP contribution in [0.15, 0.2) is 30.4 Å². The quantitative estimate of drug-likeness (QED) is 0.797. The molecule has 0 aliphatic heterocycles. The van der Waals surface area contributed by atoms with Gasteiger partial charge in [0.2, 0.25) is 0 Å². The molecule has 7 heteroatoms. The molecule has 0 radical (unpaired) electrons. The van der Waals surface area contributed by atoms with Crippen molar-refractivity contribution in [2.45, 2.75) is 20.6 Å². The Morgan fingerprint density at radius 2 is 2.06 bits per heavy atom. The smallest absolute Gasteiger partial charge is 0.181 e. The lowest BCUT2D eigenvalue weighted by molar-refractivity contribution is 0.952. The van der Waals surface area contributed by atoms with E-state index in [0.717, 1.165) is 23.7 Å². The van der Waals surface area contributed by atoms with Gasteiger partial charge >= 0.3 is 0 Å². The van der Waals surface area contributed by atoms with Gasteiger partial charge in [-0.15, -0.1) is 10.2 Å².